The van der Waals surface area contributed by atoms with Crippen molar-refractivity contribution in [3.05, 3.63) is 89.3 Å². The predicted octanol–water partition coefficient (Wildman–Crippen LogP) is 4.94. The molecular weight excluding hydrogens is 470 g/mol. The van der Waals surface area contributed by atoms with Crippen LogP contribution in [0.4, 0.5) is 11.4 Å². The van der Waals surface area contributed by atoms with Crippen LogP contribution >= 0.6 is 24.0 Å². The first-order chi connectivity index (χ1) is 16.5. The predicted molar refractivity (Wildman–Crippen MR) is 139 cm³/mol. The topological polar surface area (TPSA) is 79.9 Å². The van der Waals surface area contributed by atoms with E-state index in [1.54, 1.807) is 36.4 Å². The Kier molecular flexibility index (Phi) is 7.46. The Balaban J connectivity index is 1.42. The van der Waals surface area contributed by atoms with Crippen molar-refractivity contribution >= 4 is 57.6 Å². The molecule has 3 aromatic carbocycles. The molecule has 0 bridgehead atoms. The van der Waals surface area contributed by atoms with Crippen LogP contribution in [0.25, 0.3) is 6.08 Å². The summed E-state index contributed by atoms with van der Waals surface area (Å²) >= 11 is 6.58. The number of hydrogen-bond donors (Lipinski definition) is 2. The van der Waals surface area contributed by atoms with E-state index in [9.17, 15) is 9.59 Å². The Bertz CT molecular complexity index is 1230. The third-order valence-corrected chi connectivity index (χ3v) is 6.01. The first kappa shape index (κ1) is 23.3. The zero-order valence-electron chi connectivity index (χ0n) is 18.2. The van der Waals surface area contributed by atoms with Gasteiger partial charge in [-0.2, -0.15) is 0 Å². The number of carbonyl (C=O) groups excluding carboxylic acids is 2. The SMILES string of the molecule is COc1cc(/C=C2/SC(=S)N(Nc3ccccc3)C2=O)ccc1OCC(=O)Nc1ccccc1. The first-order valence-electron chi connectivity index (χ1n) is 10.3. The minimum atomic E-state index is -0.285. The number of benzene rings is 3. The molecule has 2 N–H and O–H groups in total. The number of nitrogens with zero attached hydrogens (tertiary/aromatic N) is 1. The van der Waals surface area contributed by atoms with Gasteiger partial charge in [-0.1, -0.05) is 54.2 Å². The summed E-state index contributed by atoms with van der Waals surface area (Å²) in [5.74, 6) is 0.336. The molecular formula is C25H21N3O4S2. The number of hydrogen-bond acceptors (Lipinski definition) is 7. The second-order valence-electron chi connectivity index (χ2n) is 7.11. The molecule has 1 heterocycles. The number of anilines is 2. The molecule has 0 saturated carbocycles. The fourth-order valence-electron chi connectivity index (χ4n) is 3.11. The molecule has 1 aliphatic heterocycles. The van der Waals surface area contributed by atoms with Crippen LogP contribution < -0.4 is 20.2 Å². The minimum absolute atomic E-state index is 0.172. The van der Waals surface area contributed by atoms with Crippen LogP contribution in [0.5, 0.6) is 11.5 Å². The van der Waals surface area contributed by atoms with Gasteiger partial charge in [-0.3, -0.25) is 15.0 Å². The van der Waals surface area contributed by atoms with E-state index in [0.29, 0.717) is 26.4 Å². The summed E-state index contributed by atoms with van der Waals surface area (Å²) in [6.07, 6.45) is 1.74. The lowest BCUT2D eigenvalue weighted by Gasteiger charge is -2.16. The number of carbonyl (C=O) groups is 2. The molecule has 0 spiro atoms. The molecule has 4 rings (SSSR count). The van der Waals surface area contributed by atoms with Crippen molar-refractivity contribution in [3.8, 4) is 11.5 Å². The first-order valence-corrected chi connectivity index (χ1v) is 11.5. The highest BCUT2D eigenvalue weighted by Crippen LogP contribution is 2.35. The zero-order valence-corrected chi connectivity index (χ0v) is 19.8. The van der Waals surface area contributed by atoms with Crippen molar-refractivity contribution in [1.29, 1.82) is 0 Å². The summed E-state index contributed by atoms with van der Waals surface area (Å²) in [5.41, 5.74) is 5.22. The Morgan fingerprint density at radius 1 is 1.00 bits per heavy atom. The molecule has 0 aliphatic carbocycles. The van der Waals surface area contributed by atoms with Crippen molar-refractivity contribution in [2.45, 2.75) is 0 Å². The summed E-state index contributed by atoms with van der Waals surface area (Å²) in [4.78, 5) is 25.5. The molecule has 9 heteroatoms. The van der Waals surface area contributed by atoms with Gasteiger partial charge in [-0.25, -0.2) is 5.01 Å². The maximum Gasteiger partial charge on any atom is 0.285 e. The number of thioether (sulfide) groups is 1. The zero-order chi connectivity index (χ0) is 23.9. The highest BCUT2D eigenvalue weighted by molar-refractivity contribution is 8.26. The maximum absolute atomic E-state index is 12.9. The van der Waals surface area contributed by atoms with Crippen molar-refractivity contribution < 1.29 is 19.1 Å². The molecule has 7 nitrogen and oxygen atoms in total. The molecule has 3 aromatic rings. The lowest BCUT2D eigenvalue weighted by Crippen LogP contribution is -2.33. The van der Waals surface area contributed by atoms with Crippen molar-refractivity contribution in [3.63, 3.8) is 0 Å². The summed E-state index contributed by atoms with van der Waals surface area (Å²) in [6, 6.07) is 23.7. The highest BCUT2D eigenvalue weighted by atomic mass is 32.2. The van der Waals surface area contributed by atoms with Crippen LogP contribution in [0.3, 0.4) is 0 Å². The van der Waals surface area contributed by atoms with Gasteiger partial charge < -0.3 is 14.8 Å². The molecule has 34 heavy (non-hydrogen) atoms. The number of methoxy groups -OCH3 is 1. The van der Waals surface area contributed by atoms with E-state index in [2.05, 4.69) is 10.7 Å². The summed E-state index contributed by atoms with van der Waals surface area (Å²) in [7, 11) is 1.51. The van der Waals surface area contributed by atoms with Crippen LogP contribution in [0.2, 0.25) is 0 Å². The van der Waals surface area contributed by atoms with Crippen LogP contribution in [0, 0.1) is 0 Å². The number of thiocarbonyl (C=S) groups is 1. The Morgan fingerprint density at radius 2 is 1.68 bits per heavy atom. The largest absolute Gasteiger partial charge is 0.493 e. The van der Waals surface area contributed by atoms with E-state index >= 15 is 0 Å². The second kappa shape index (κ2) is 10.9. The number of para-hydroxylation sites is 2. The van der Waals surface area contributed by atoms with E-state index in [0.717, 1.165) is 11.3 Å². The van der Waals surface area contributed by atoms with Crippen LogP contribution in [-0.2, 0) is 9.59 Å². The van der Waals surface area contributed by atoms with E-state index in [-0.39, 0.29) is 18.4 Å². The number of amides is 2. The highest BCUT2D eigenvalue weighted by Gasteiger charge is 2.32. The van der Waals surface area contributed by atoms with Crippen LogP contribution in [0.1, 0.15) is 5.56 Å². The van der Waals surface area contributed by atoms with Gasteiger partial charge in [-0.15, -0.1) is 0 Å². The number of ether oxygens (including phenoxy) is 2. The minimum Gasteiger partial charge on any atom is -0.493 e. The van der Waals surface area contributed by atoms with Gasteiger partial charge in [-0.05, 0) is 60.3 Å². The van der Waals surface area contributed by atoms with Gasteiger partial charge in [0, 0.05) is 5.69 Å². The number of hydrazine groups is 1. The van der Waals surface area contributed by atoms with Gasteiger partial charge in [0.05, 0.1) is 17.7 Å². The van der Waals surface area contributed by atoms with E-state index < -0.39 is 0 Å². The summed E-state index contributed by atoms with van der Waals surface area (Å²) in [5, 5.41) is 4.11. The standard InChI is InChI=1S/C25H21N3O4S2/c1-31-21-14-17(12-13-20(21)32-16-23(29)26-18-8-4-2-5-9-18)15-22-24(30)28(25(33)34-22)27-19-10-6-3-7-11-19/h2-15,27H,16H2,1H3,(H,26,29)/b22-15+. The second-order valence-corrected chi connectivity index (χ2v) is 8.78. The Morgan fingerprint density at radius 3 is 2.35 bits per heavy atom. The monoisotopic (exact) mass is 491 g/mol. The van der Waals surface area contributed by atoms with E-state index in [1.165, 1.54) is 23.9 Å². The van der Waals surface area contributed by atoms with Gasteiger partial charge in [0.25, 0.3) is 11.8 Å². The van der Waals surface area contributed by atoms with E-state index in [1.807, 2.05) is 48.5 Å². The van der Waals surface area contributed by atoms with Crippen LogP contribution in [0.15, 0.2) is 83.8 Å². The van der Waals surface area contributed by atoms with Crippen molar-refractivity contribution in [2.75, 3.05) is 24.5 Å². The molecule has 1 aliphatic rings. The molecule has 1 fully saturated rings. The molecule has 2 amide bonds. The Hall–Kier alpha value is -3.82. The van der Waals surface area contributed by atoms with Gasteiger partial charge in [0.2, 0.25) is 0 Å². The number of rotatable bonds is 8. The smallest absolute Gasteiger partial charge is 0.285 e. The molecule has 0 unspecified atom stereocenters. The fraction of sp³-hybridized carbons (Fsp3) is 0.0800. The van der Waals surface area contributed by atoms with Gasteiger partial charge in [0.15, 0.2) is 22.4 Å². The van der Waals surface area contributed by atoms with E-state index in [4.69, 9.17) is 21.7 Å². The van der Waals surface area contributed by atoms with Gasteiger partial charge >= 0.3 is 0 Å². The average Bonchev–Trinajstić information content (AvgIpc) is 3.11. The molecule has 1 saturated heterocycles. The lowest BCUT2D eigenvalue weighted by molar-refractivity contribution is -0.121. The normalized spacial score (nSPS) is 14.3. The molecule has 0 radical (unpaired) electrons. The third kappa shape index (κ3) is 5.75. The average molecular weight is 492 g/mol. The van der Waals surface area contributed by atoms with Crippen molar-refractivity contribution in [2.24, 2.45) is 0 Å². The Labute approximate surface area is 206 Å². The van der Waals surface area contributed by atoms with Crippen molar-refractivity contribution in [1.82, 2.24) is 5.01 Å². The molecule has 172 valence electrons. The summed E-state index contributed by atoms with van der Waals surface area (Å²) in [6.45, 7) is -0.172. The fourth-order valence-corrected chi connectivity index (χ4v) is 4.29. The van der Waals surface area contributed by atoms with Gasteiger partial charge in [0.1, 0.15) is 0 Å². The lowest BCUT2D eigenvalue weighted by atomic mass is 10.2. The molecule has 0 aromatic heterocycles. The summed E-state index contributed by atoms with van der Waals surface area (Å²) < 4.78 is 11.5. The number of nitrogens with one attached hydrogen (secondary N) is 2. The third-order valence-electron chi connectivity index (χ3n) is 4.71. The molecule has 0 atom stereocenters. The van der Waals surface area contributed by atoms with Crippen LogP contribution in [-0.4, -0.2) is 34.9 Å². The maximum atomic E-state index is 12.9. The quantitative estimate of drug-likeness (QED) is 0.341.